The number of ketones is 1. The minimum atomic E-state index is -0.871. The molecule has 0 saturated carbocycles. The summed E-state index contributed by atoms with van der Waals surface area (Å²) in [4.78, 5) is 45.5. The smallest absolute Gasteiger partial charge is 0.338 e. The van der Waals surface area contributed by atoms with Crippen LogP contribution in [0.1, 0.15) is 42.4 Å². The number of Topliss-reactive ketones (excluding diaryl/α,β-unsaturated/α-hetero) is 1. The number of pyridine rings is 1. The zero-order chi connectivity index (χ0) is 28.0. The van der Waals surface area contributed by atoms with Crippen molar-refractivity contribution in [2.45, 2.75) is 33.2 Å². The Morgan fingerprint density at radius 3 is 2.41 bits per heavy atom. The number of nitrogens with zero attached hydrogens (tertiary/aromatic N) is 2. The van der Waals surface area contributed by atoms with Crippen molar-refractivity contribution in [1.29, 1.82) is 0 Å². The van der Waals surface area contributed by atoms with E-state index < -0.39 is 17.4 Å². The number of aromatic nitrogens is 1. The molecule has 2 amide bonds. The number of hydrogen-bond donors (Lipinski definition) is 1. The van der Waals surface area contributed by atoms with Crippen LogP contribution in [0.15, 0.2) is 78.5 Å². The number of piperidine rings is 1. The molecular weight excluding hydrogens is 494 g/mol. The van der Waals surface area contributed by atoms with Crippen molar-refractivity contribution in [1.82, 2.24) is 9.88 Å². The summed E-state index contributed by atoms with van der Waals surface area (Å²) in [5.74, 6) is 0.296. The van der Waals surface area contributed by atoms with Crippen molar-refractivity contribution in [2.75, 3.05) is 25.6 Å². The molecule has 202 valence electrons. The van der Waals surface area contributed by atoms with E-state index >= 15 is 0 Å². The molecule has 8 heteroatoms. The van der Waals surface area contributed by atoms with Crippen LogP contribution in [-0.2, 0) is 16.0 Å². The van der Waals surface area contributed by atoms with Gasteiger partial charge in [0.1, 0.15) is 5.75 Å². The molecule has 0 bridgehead atoms. The Labute approximate surface area is 228 Å². The van der Waals surface area contributed by atoms with Crippen LogP contribution in [0.2, 0.25) is 0 Å². The second-order valence-corrected chi connectivity index (χ2v) is 9.90. The number of carbonyl (C=O) groups is 3. The first kappa shape index (κ1) is 27.6. The van der Waals surface area contributed by atoms with E-state index in [4.69, 9.17) is 9.47 Å². The summed E-state index contributed by atoms with van der Waals surface area (Å²) in [6.45, 7) is 5.92. The van der Waals surface area contributed by atoms with E-state index in [0.717, 1.165) is 11.3 Å². The lowest BCUT2D eigenvalue weighted by Gasteiger charge is -2.46. The largest absolute Gasteiger partial charge is 0.497 e. The predicted molar refractivity (Wildman–Crippen MR) is 150 cm³/mol. The number of ether oxygens (including phenoxy) is 2. The number of rotatable bonds is 7. The summed E-state index contributed by atoms with van der Waals surface area (Å²) in [5.41, 5.74) is 2.20. The molecule has 1 N–H and O–H groups in total. The third-order valence-corrected chi connectivity index (χ3v) is 6.93. The number of amides is 2. The Balaban J connectivity index is 1.65. The summed E-state index contributed by atoms with van der Waals surface area (Å²) >= 11 is 0. The Morgan fingerprint density at radius 2 is 1.79 bits per heavy atom. The fourth-order valence-corrected chi connectivity index (χ4v) is 4.73. The lowest BCUT2D eigenvalue weighted by Crippen LogP contribution is -2.59. The molecule has 1 aliphatic rings. The van der Waals surface area contributed by atoms with Gasteiger partial charge in [-0.2, -0.15) is 0 Å². The lowest BCUT2D eigenvalue weighted by molar-refractivity contribution is -0.128. The molecule has 1 aromatic heterocycles. The fraction of sp³-hybridized carbons (Fsp3) is 0.290. The Kier molecular flexibility index (Phi) is 8.44. The molecule has 8 nitrogen and oxygen atoms in total. The van der Waals surface area contributed by atoms with Crippen molar-refractivity contribution >= 4 is 29.5 Å². The molecule has 0 radical (unpaired) electrons. The predicted octanol–water partition coefficient (Wildman–Crippen LogP) is 5.40. The molecule has 0 aliphatic carbocycles. The number of esters is 1. The SMILES string of the molecule is CCOC(=O)c1ccc(NC(=O)N2CC(=Cc3ccccn3)C(=O)C(C)(C)C2Cc2ccc(OC)cc2)cc1. The molecule has 0 spiro atoms. The van der Waals surface area contributed by atoms with Crippen LogP contribution in [0.4, 0.5) is 10.5 Å². The van der Waals surface area contributed by atoms with Gasteiger partial charge in [0, 0.05) is 22.9 Å². The monoisotopic (exact) mass is 527 g/mol. The van der Waals surface area contributed by atoms with Gasteiger partial charge in [-0.3, -0.25) is 9.78 Å². The normalized spacial score (nSPS) is 17.5. The topological polar surface area (TPSA) is 97.8 Å². The number of anilines is 1. The average Bonchev–Trinajstić information content (AvgIpc) is 2.94. The molecule has 1 fully saturated rings. The third kappa shape index (κ3) is 6.34. The zero-order valence-electron chi connectivity index (χ0n) is 22.6. The second-order valence-electron chi connectivity index (χ2n) is 9.90. The number of methoxy groups -OCH3 is 1. The summed E-state index contributed by atoms with van der Waals surface area (Å²) in [6.07, 6.45) is 3.90. The molecule has 3 aromatic rings. The average molecular weight is 528 g/mol. The van der Waals surface area contributed by atoms with E-state index in [1.54, 1.807) is 55.5 Å². The quantitative estimate of drug-likeness (QED) is 0.326. The Hall–Kier alpha value is -4.46. The maximum Gasteiger partial charge on any atom is 0.338 e. The molecule has 1 saturated heterocycles. The number of nitrogens with one attached hydrogen (secondary N) is 1. The van der Waals surface area contributed by atoms with E-state index in [0.29, 0.717) is 28.9 Å². The van der Waals surface area contributed by atoms with Gasteiger partial charge in [-0.15, -0.1) is 0 Å². The van der Waals surface area contributed by atoms with Crippen LogP contribution in [-0.4, -0.2) is 54.0 Å². The highest BCUT2D eigenvalue weighted by atomic mass is 16.5. The fourth-order valence-electron chi connectivity index (χ4n) is 4.73. The number of likely N-dealkylation sites (tertiary alicyclic amines) is 1. The highest BCUT2D eigenvalue weighted by Gasteiger charge is 2.47. The van der Waals surface area contributed by atoms with Crippen LogP contribution in [0, 0.1) is 5.41 Å². The number of urea groups is 1. The van der Waals surface area contributed by atoms with Crippen LogP contribution in [0.25, 0.3) is 6.08 Å². The van der Waals surface area contributed by atoms with Crippen molar-refractivity contribution in [2.24, 2.45) is 5.41 Å². The van der Waals surface area contributed by atoms with Crippen LogP contribution < -0.4 is 10.1 Å². The highest BCUT2D eigenvalue weighted by molar-refractivity contribution is 6.06. The molecule has 1 unspecified atom stereocenters. The van der Waals surface area contributed by atoms with E-state index in [-0.39, 0.29) is 25.0 Å². The van der Waals surface area contributed by atoms with E-state index in [9.17, 15) is 14.4 Å². The van der Waals surface area contributed by atoms with Crippen LogP contribution >= 0.6 is 0 Å². The van der Waals surface area contributed by atoms with Gasteiger partial charge in [0.15, 0.2) is 5.78 Å². The lowest BCUT2D eigenvalue weighted by atomic mass is 9.71. The summed E-state index contributed by atoms with van der Waals surface area (Å²) < 4.78 is 10.3. The van der Waals surface area contributed by atoms with Gasteiger partial charge in [0.2, 0.25) is 0 Å². The van der Waals surface area contributed by atoms with E-state index in [2.05, 4.69) is 10.3 Å². The summed E-state index contributed by atoms with van der Waals surface area (Å²) in [6, 6.07) is 18.9. The van der Waals surface area contributed by atoms with Crippen LogP contribution in [0.3, 0.4) is 0 Å². The van der Waals surface area contributed by atoms with Crippen molar-refractivity contribution in [3.05, 3.63) is 95.3 Å². The van der Waals surface area contributed by atoms with Gasteiger partial charge >= 0.3 is 12.0 Å². The minimum absolute atomic E-state index is 0.0190. The van der Waals surface area contributed by atoms with Gasteiger partial charge in [0.25, 0.3) is 0 Å². The van der Waals surface area contributed by atoms with E-state index in [1.165, 1.54) is 0 Å². The first-order valence-corrected chi connectivity index (χ1v) is 12.9. The van der Waals surface area contributed by atoms with E-state index in [1.807, 2.05) is 56.3 Å². The van der Waals surface area contributed by atoms with Gasteiger partial charge in [-0.05, 0) is 73.5 Å². The van der Waals surface area contributed by atoms with Crippen molar-refractivity contribution in [3.8, 4) is 5.75 Å². The molecule has 4 rings (SSSR count). The van der Waals surface area contributed by atoms with Crippen molar-refractivity contribution < 1.29 is 23.9 Å². The second kappa shape index (κ2) is 11.9. The number of hydrogen-bond acceptors (Lipinski definition) is 6. The Bertz CT molecular complexity index is 1350. The number of benzene rings is 2. The summed E-state index contributed by atoms with van der Waals surface area (Å²) in [5, 5.41) is 2.94. The Morgan fingerprint density at radius 1 is 1.08 bits per heavy atom. The standard InChI is InChI=1S/C31H33N3O5/c1-5-39-29(36)22-11-13-24(14-12-22)33-30(37)34-20-23(19-25-8-6-7-17-32-25)28(35)31(2,3)27(34)18-21-9-15-26(38-4)16-10-21/h6-17,19,27H,5,18,20H2,1-4H3,(H,33,37). The minimum Gasteiger partial charge on any atom is -0.497 e. The summed E-state index contributed by atoms with van der Waals surface area (Å²) in [7, 11) is 1.61. The molecule has 39 heavy (non-hydrogen) atoms. The van der Waals surface area contributed by atoms with Crippen LogP contribution in [0.5, 0.6) is 5.75 Å². The third-order valence-electron chi connectivity index (χ3n) is 6.93. The molecular formula is C31H33N3O5. The first-order valence-electron chi connectivity index (χ1n) is 12.9. The zero-order valence-corrected chi connectivity index (χ0v) is 22.6. The molecule has 2 aromatic carbocycles. The molecule has 1 aliphatic heterocycles. The first-order chi connectivity index (χ1) is 18.7. The number of carbonyl (C=O) groups excluding carboxylic acids is 3. The molecule has 2 heterocycles. The van der Waals surface area contributed by atoms with Gasteiger partial charge in [-0.25, -0.2) is 9.59 Å². The molecule has 1 atom stereocenters. The van der Waals surface area contributed by atoms with Crippen molar-refractivity contribution in [3.63, 3.8) is 0 Å². The van der Waals surface area contributed by atoms with Gasteiger partial charge < -0.3 is 19.7 Å². The maximum atomic E-state index is 13.7. The maximum absolute atomic E-state index is 13.7. The highest BCUT2D eigenvalue weighted by Crippen LogP contribution is 2.38. The van der Waals surface area contributed by atoms with Gasteiger partial charge in [0.05, 0.1) is 37.6 Å². The van der Waals surface area contributed by atoms with Gasteiger partial charge in [-0.1, -0.05) is 32.0 Å².